The Kier molecular flexibility index (Phi) is 9.43. The van der Waals surface area contributed by atoms with Crippen molar-refractivity contribution in [1.82, 2.24) is 9.62 Å². The van der Waals surface area contributed by atoms with Crippen LogP contribution in [0.15, 0.2) is 59.5 Å². The van der Waals surface area contributed by atoms with Gasteiger partial charge in [-0.2, -0.15) is 4.31 Å². The van der Waals surface area contributed by atoms with Gasteiger partial charge in [-0.15, -0.1) is 0 Å². The summed E-state index contributed by atoms with van der Waals surface area (Å²) in [5, 5.41) is 2.93. The lowest BCUT2D eigenvalue weighted by atomic mass is 9.99. The van der Waals surface area contributed by atoms with Crippen molar-refractivity contribution < 1.29 is 27.4 Å². The summed E-state index contributed by atoms with van der Waals surface area (Å²) in [5.41, 5.74) is 8.61. The minimum absolute atomic E-state index is 0.0168. The van der Waals surface area contributed by atoms with Gasteiger partial charge in [0.05, 0.1) is 30.1 Å². The summed E-state index contributed by atoms with van der Waals surface area (Å²) in [6, 6.07) is 15.2. The summed E-state index contributed by atoms with van der Waals surface area (Å²) in [6.07, 6.45) is -0.119. The normalized spacial score (nSPS) is 22.8. The lowest BCUT2D eigenvalue weighted by Gasteiger charge is -2.31. The van der Waals surface area contributed by atoms with E-state index in [2.05, 4.69) is 5.32 Å². The fourth-order valence-corrected chi connectivity index (χ4v) is 6.59. The van der Waals surface area contributed by atoms with Gasteiger partial charge in [0, 0.05) is 19.1 Å². The molecule has 208 valence electrons. The van der Waals surface area contributed by atoms with E-state index >= 15 is 0 Å². The lowest BCUT2D eigenvalue weighted by Crippen LogP contribution is -2.55. The fraction of sp³-hybridized carbons (Fsp3) is 0.536. The molecule has 2 heterocycles. The first kappa shape index (κ1) is 28.5. The second-order valence-electron chi connectivity index (χ2n) is 10.6. The van der Waals surface area contributed by atoms with Crippen molar-refractivity contribution in [3.8, 4) is 0 Å². The molecule has 0 aliphatic carbocycles. The molecule has 2 aliphatic heterocycles. The predicted molar refractivity (Wildman–Crippen MR) is 144 cm³/mol. The first-order chi connectivity index (χ1) is 18.1. The number of amides is 1. The van der Waals surface area contributed by atoms with Crippen LogP contribution >= 0.6 is 0 Å². The summed E-state index contributed by atoms with van der Waals surface area (Å²) in [5.74, 6) is 0.0973. The molecular weight excluding hydrogens is 506 g/mol. The first-order valence-electron chi connectivity index (χ1n) is 13.2. The van der Waals surface area contributed by atoms with Gasteiger partial charge in [-0.25, -0.2) is 13.2 Å². The maximum atomic E-state index is 13.6. The zero-order valence-corrected chi connectivity index (χ0v) is 23.1. The monoisotopic (exact) mass is 545 g/mol. The Bertz CT molecular complexity index is 1160. The number of sulfonamides is 1. The number of fused-ring (bicyclic) bond motifs is 1. The molecule has 2 aromatic rings. The Balaban J connectivity index is 1.51. The highest BCUT2D eigenvalue weighted by molar-refractivity contribution is 7.89. The molecule has 10 heteroatoms. The largest absolute Gasteiger partial charge is 0.443 e. The van der Waals surface area contributed by atoms with Gasteiger partial charge in [-0.1, -0.05) is 61.9 Å². The third kappa shape index (κ3) is 7.12. The Morgan fingerprint density at radius 2 is 1.82 bits per heavy atom. The quantitative estimate of drug-likeness (QED) is 0.445. The Hall–Kier alpha value is -2.50. The SMILES string of the molecule is Cc1ccc(S(=O)(=O)N(CC(C)C)C[C@@H](N)[C@H](Cc2ccccc2)NC(=O)OC2CO[C@H]3OCC[C@@H]23)cc1. The topological polar surface area (TPSA) is 120 Å². The Labute approximate surface area is 225 Å². The van der Waals surface area contributed by atoms with Gasteiger partial charge in [0.2, 0.25) is 10.0 Å². The van der Waals surface area contributed by atoms with E-state index in [-0.39, 0.29) is 36.2 Å². The van der Waals surface area contributed by atoms with Gasteiger partial charge in [-0.05, 0) is 43.4 Å². The van der Waals surface area contributed by atoms with Crippen LogP contribution in [0.1, 0.15) is 31.4 Å². The zero-order valence-electron chi connectivity index (χ0n) is 22.3. The Morgan fingerprint density at radius 1 is 1.11 bits per heavy atom. The molecule has 4 rings (SSSR count). The molecule has 0 bridgehead atoms. The molecule has 2 fully saturated rings. The van der Waals surface area contributed by atoms with E-state index in [1.54, 1.807) is 24.3 Å². The van der Waals surface area contributed by atoms with Crippen LogP contribution < -0.4 is 11.1 Å². The minimum atomic E-state index is -3.79. The van der Waals surface area contributed by atoms with Crippen molar-refractivity contribution >= 4 is 16.1 Å². The predicted octanol–water partition coefficient (Wildman–Crippen LogP) is 3.07. The molecule has 2 aliphatic rings. The molecule has 0 radical (unpaired) electrons. The van der Waals surface area contributed by atoms with Crippen molar-refractivity contribution in [2.45, 2.75) is 63.0 Å². The molecular formula is C28H39N3O6S. The molecule has 5 atom stereocenters. The second-order valence-corrected chi connectivity index (χ2v) is 12.5. The number of nitrogens with one attached hydrogen (secondary N) is 1. The van der Waals surface area contributed by atoms with Crippen molar-refractivity contribution in [2.75, 3.05) is 26.3 Å². The highest BCUT2D eigenvalue weighted by Gasteiger charge is 2.44. The van der Waals surface area contributed by atoms with Crippen LogP contribution in [0.4, 0.5) is 4.79 Å². The maximum absolute atomic E-state index is 13.6. The van der Waals surface area contributed by atoms with Crippen LogP contribution in [-0.2, 0) is 30.7 Å². The van der Waals surface area contributed by atoms with Gasteiger partial charge >= 0.3 is 6.09 Å². The minimum Gasteiger partial charge on any atom is -0.443 e. The molecule has 3 N–H and O–H groups in total. The highest BCUT2D eigenvalue weighted by Crippen LogP contribution is 2.33. The van der Waals surface area contributed by atoms with Crippen molar-refractivity contribution in [3.63, 3.8) is 0 Å². The molecule has 2 saturated heterocycles. The van der Waals surface area contributed by atoms with Crippen molar-refractivity contribution in [1.29, 1.82) is 0 Å². The van der Waals surface area contributed by atoms with E-state index in [1.165, 1.54) is 4.31 Å². The van der Waals surface area contributed by atoms with E-state index in [1.807, 2.05) is 51.1 Å². The number of benzene rings is 2. The number of alkyl carbamates (subject to hydrolysis) is 1. The number of carbonyl (C=O) groups excluding carboxylic acids is 1. The summed E-state index contributed by atoms with van der Waals surface area (Å²) in [6.45, 7) is 7.04. The van der Waals surface area contributed by atoms with Crippen LogP contribution in [0.3, 0.4) is 0 Å². The second kappa shape index (κ2) is 12.6. The number of nitrogens with two attached hydrogens (primary N) is 1. The number of carbonyl (C=O) groups is 1. The molecule has 0 spiro atoms. The number of nitrogens with zero attached hydrogens (tertiary/aromatic N) is 1. The molecule has 9 nitrogen and oxygen atoms in total. The standard InChI is InChI=1S/C28H39N3O6S/c1-19(2)16-31(38(33,34)22-11-9-20(3)10-12-22)17-24(29)25(15-21-7-5-4-6-8-21)30-28(32)37-26-18-36-27-23(26)13-14-35-27/h4-12,19,23-27H,13-18,29H2,1-3H3,(H,30,32)/t23-,24+,25-,26?,27+/m0/s1. The summed E-state index contributed by atoms with van der Waals surface area (Å²) in [4.78, 5) is 13.2. The van der Waals surface area contributed by atoms with E-state index < -0.39 is 34.3 Å². The van der Waals surface area contributed by atoms with Gasteiger partial charge < -0.3 is 25.3 Å². The lowest BCUT2D eigenvalue weighted by molar-refractivity contribution is -0.0907. The third-order valence-corrected chi connectivity index (χ3v) is 8.85. The number of ether oxygens (including phenoxy) is 3. The van der Waals surface area contributed by atoms with Crippen LogP contribution in [0.25, 0.3) is 0 Å². The molecule has 2 aromatic carbocycles. The van der Waals surface area contributed by atoms with Gasteiger partial charge in [0.25, 0.3) is 0 Å². The highest BCUT2D eigenvalue weighted by atomic mass is 32.2. The number of hydrogen-bond donors (Lipinski definition) is 2. The van der Waals surface area contributed by atoms with E-state index in [0.29, 0.717) is 19.6 Å². The van der Waals surface area contributed by atoms with E-state index in [9.17, 15) is 13.2 Å². The molecule has 38 heavy (non-hydrogen) atoms. The van der Waals surface area contributed by atoms with Crippen LogP contribution in [0.5, 0.6) is 0 Å². The van der Waals surface area contributed by atoms with Crippen LogP contribution in [0, 0.1) is 18.8 Å². The number of rotatable bonds is 11. The first-order valence-corrected chi connectivity index (χ1v) is 14.6. The fourth-order valence-electron chi connectivity index (χ4n) is 4.95. The average Bonchev–Trinajstić information content (AvgIpc) is 3.49. The van der Waals surface area contributed by atoms with Crippen molar-refractivity contribution in [2.24, 2.45) is 17.6 Å². The average molecular weight is 546 g/mol. The molecule has 1 amide bonds. The molecule has 0 aromatic heterocycles. The zero-order chi connectivity index (χ0) is 27.3. The maximum Gasteiger partial charge on any atom is 0.407 e. The summed E-state index contributed by atoms with van der Waals surface area (Å²) >= 11 is 0. The van der Waals surface area contributed by atoms with Gasteiger partial charge in [-0.3, -0.25) is 0 Å². The van der Waals surface area contributed by atoms with E-state index in [4.69, 9.17) is 19.9 Å². The van der Waals surface area contributed by atoms with E-state index in [0.717, 1.165) is 17.5 Å². The van der Waals surface area contributed by atoms with Crippen molar-refractivity contribution in [3.05, 3.63) is 65.7 Å². The van der Waals surface area contributed by atoms with Crippen LogP contribution in [-0.4, -0.2) is 69.6 Å². The number of hydrogen-bond acceptors (Lipinski definition) is 7. The molecule has 1 unspecified atom stereocenters. The van der Waals surface area contributed by atoms with Crippen LogP contribution in [0.2, 0.25) is 0 Å². The smallest absolute Gasteiger partial charge is 0.407 e. The molecule has 0 saturated carbocycles. The van der Waals surface area contributed by atoms with Gasteiger partial charge in [0.15, 0.2) is 6.29 Å². The number of aryl methyl sites for hydroxylation is 1. The summed E-state index contributed by atoms with van der Waals surface area (Å²) < 4.78 is 45.4. The summed E-state index contributed by atoms with van der Waals surface area (Å²) in [7, 11) is -3.79. The van der Waals surface area contributed by atoms with Gasteiger partial charge in [0.1, 0.15) is 6.10 Å². The Morgan fingerprint density at radius 3 is 2.50 bits per heavy atom. The third-order valence-electron chi connectivity index (χ3n) is 7.00.